The molecular formula is C24H29FN2O5. The Labute approximate surface area is 187 Å². The zero-order valence-electron chi connectivity index (χ0n) is 18.5. The summed E-state index contributed by atoms with van der Waals surface area (Å²) in [6, 6.07) is 14.3. The molecule has 1 aliphatic heterocycles. The zero-order valence-corrected chi connectivity index (χ0v) is 18.5. The van der Waals surface area contributed by atoms with E-state index in [2.05, 4.69) is 0 Å². The predicted octanol–water partition coefficient (Wildman–Crippen LogP) is 4.09. The fourth-order valence-corrected chi connectivity index (χ4v) is 3.31. The van der Waals surface area contributed by atoms with Crippen molar-refractivity contribution >= 4 is 12.0 Å². The molecule has 0 unspecified atom stereocenters. The largest absolute Gasteiger partial charge is 0.489 e. The second-order valence-electron chi connectivity index (χ2n) is 8.68. The summed E-state index contributed by atoms with van der Waals surface area (Å²) in [5, 5.41) is 0. The van der Waals surface area contributed by atoms with E-state index in [0.717, 1.165) is 5.56 Å². The van der Waals surface area contributed by atoms with Gasteiger partial charge in [-0.3, -0.25) is 4.79 Å². The van der Waals surface area contributed by atoms with E-state index in [-0.39, 0.29) is 30.8 Å². The number of halogens is 1. The number of rotatable bonds is 6. The van der Waals surface area contributed by atoms with Gasteiger partial charge in [-0.25, -0.2) is 9.18 Å². The Morgan fingerprint density at radius 2 is 1.88 bits per heavy atom. The van der Waals surface area contributed by atoms with Gasteiger partial charge in [0.2, 0.25) is 0 Å². The minimum Gasteiger partial charge on any atom is -0.489 e. The van der Waals surface area contributed by atoms with E-state index >= 15 is 0 Å². The first-order valence-corrected chi connectivity index (χ1v) is 10.5. The number of nitrogens with two attached hydrogens (primary N) is 1. The number of ether oxygens (including phenoxy) is 3. The number of carbonyl (C=O) groups is 2. The quantitative estimate of drug-likeness (QED) is 0.725. The molecule has 0 spiro atoms. The lowest BCUT2D eigenvalue weighted by Gasteiger charge is -2.35. The highest BCUT2D eigenvalue weighted by atomic mass is 19.1. The van der Waals surface area contributed by atoms with Crippen LogP contribution in [0.25, 0.3) is 0 Å². The fourth-order valence-electron chi connectivity index (χ4n) is 3.31. The fraction of sp³-hybridized carbons (Fsp3) is 0.417. The Bertz CT molecular complexity index is 945. The van der Waals surface area contributed by atoms with Crippen LogP contribution in [0.4, 0.5) is 9.18 Å². The maximum atomic E-state index is 14.9. The van der Waals surface area contributed by atoms with Gasteiger partial charge in [-0.1, -0.05) is 30.3 Å². The summed E-state index contributed by atoms with van der Waals surface area (Å²) < 4.78 is 31.8. The molecule has 1 heterocycles. The molecule has 2 N–H and O–H groups in total. The van der Waals surface area contributed by atoms with E-state index < -0.39 is 29.9 Å². The number of piperidine rings is 1. The van der Waals surface area contributed by atoms with Crippen molar-refractivity contribution in [3.8, 4) is 11.5 Å². The number of hydrogen-bond donors (Lipinski definition) is 1. The smallest absolute Gasteiger partial charge is 0.410 e. The van der Waals surface area contributed by atoms with E-state index in [0.29, 0.717) is 12.4 Å². The number of alkyl halides is 1. The van der Waals surface area contributed by atoms with Crippen LogP contribution in [0.5, 0.6) is 11.5 Å². The molecule has 1 saturated heterocycles. The van der Waals surface area contributed by atoms with E-state index in [9.17, 15) is 14.0 Å². The highest BCUT2D eigenvalue weighted by Crippen LogP contribution is 2.29. The molecule has 2 aromatic rings. The van der Waals surface area contributed by atoms with Crippen LogP contribution in [-0.2, 0) is 11.3 Å². The Hall–Kier alpha value is -3.29. The zero-order chi connectivity index (χ0) is 23.3. The van der Waals surface area contributed by atoms with Gasteiger partial charge < -0.3 is 24.8 Å². The third kappa shape index (κ3) is 6.35. The molecule has 0 aliphatic carbocycles. The van der Waals surface area contributed by atoms with Gasteiger partial charge in [0.1, 0.15) is 29.8 Å². The van der Waals surface area contributed by atoms with Crippen LogP contribution in [0.3, 0.4) is 0 Å². The van der Waals surface area contributed by atoms with Gasteiger partial charge in [-0.15, -0.1) is 0 Å². The Balaban J connectivity index is 1.67. The lowest BCUT2D eigenvalue weighted by Crippen LogP contribution is -2.50. The Morgan fingerprint density at radius 1 is 1.16 bits per heavy atom. The standard InChI is InChI=1S/C24H29FN2O5/c1-24(2,3)32-23(29)27-12-11-20(19(25)14-27)31-21-13-17(9-10-18(21)22(26)28)30-15-16-7-5-4-6-8-16/h4-10,13,19-20H,11-12,14-15H2,1-3H3,(H2,26,28)/t19-,20-/m0/s1. The van der Waals surface area contributed by atoms with Gasteiger partial charge in [0.25, 0.3) is 5.91 Å². The molecule has 2 amide bonds. The second-order valence-corrected chi connectivity index (χ2v) is 8.68. The van der Waals surface area contributed by atoms with Crippen molar-refractivity contribution < 1.29 is 28.2 Å². The van der Waals surface area contributed by atoms with Gasteiger partial charge in [-0.05, 0) is 38.5 Å². The summed E-state index contributed by atoms with van der Waals surface area (Å²) in [6.45, 7) is 5.71. The first-order chi connectivity index (χ1) is 15.1. The molecule has 1 aliphatic rings. The number of benzene rings is 2. The molecule has 1 fully saturated rings. The predicted molar refractivity (Wildman–Crippen MR) is 117 cm³/mol. The van der Waals surface area contributed by atoms with Crippen molar-refractivity contribution in [3.05, 3.63) is 59.7 Å². The van der Waals surface area contributed by atoms with Crippen molar-refractivity contribution in [2.45, 2.75) is 51.7 Å². The number of primary amides is 1. The lowest BCUT2D eigenvalue weighted by molar-refractivity contribution is -0.0106. The maximum absolute atomic E-state index is 14.9. The molecule has 0 aromatic heterocycles. The lowest BCUT2D eigenvalue weighted by atomic mass is 10.1. The number of hydrogen-bond acceptors (Lipinski definition) is 5. The number of carbonyl (C=O) groups excluding carboxylic acids is 2. The van der Waals surface area contributed by atoms with Gasteiger partial charge in [0.15, 0.2) is 6.17 Å². The highest BCUT2D eigenvalue weighted by molar-refractivity contribution is 5.95. The topological polar surface area (TPSA) is 91.1 Å². The summed E-state index contributed by atoms with van der Waals surface area (Å²) in [5.74, 6) is -0.0620. The van der Waals surface area contributed by atoms with Gasteiger partial charge in [0.05, 0.1) is 12.1 Å². The molecule has 0 radical (unpaired) electrons. The molecule has 3 rings (SSSR count). The molecular weight excluding hydrogens is 415 g/mol. The van der Waals surface area contributed by atoms with Gasteiger partial charge in [-0.2, -0.15) is 0 Å². The van der Waals surface area contributed by atoms with E-state index in [1.165, 1.54) is 17.0 Å². The van der Waals surface area contributed by atoms with Crippen molar-refractivity contribution in [2.24, 2.45) is 5.73 Å². The summed E-state index contributed by atoms with van der Waals surface area (Å²) in [4.78, 5) is 25.4. The van der Waals surface area contributed by atoms with E-state index in [1.54, 1.807) is 26.8 Å². The summed E-state index contributed by atoms with van der Waals surface area (Å²) in [6.07, 6.45) is -2.61. The van der Waals surface area contributed by atoms with E-state index in [4.69, 9.17) is 19.9 Å². The van der Waals surface area contributed by atoms with Crippen LogP contribution >= 0.6 is 0 Å². The minimum absolute atomic E-state index is 0.138. The molecule has 2 atom stereocenters. The summed E-state index contributed by atoms with van der Waals surface area (Å²) in [5.41, 5.74) is 5.92. The first kappa shape index (κ1) is 23.4. The summed E-state index contributed by atoms with van der Waals surface area (Å²) in [7, 11) is 0. The van der Waals surface area contributed by atoms with Crippen molar-refractivity contribution in [1.29, 1.82) is 0 Å². The van der Waals surface area contributed by atoms with E-state index in [1.807, 2.05) is 30.3 Å². The molecule has 7 nitrogen and oxygen atoms in total. The SMILES string of the molecule is CC(C)(C)OC(=O)N1CC[C@H](Oc2cc(OCc3ccccc3)ccc2C(N)=O)[C@@H](F)C1. The Kier molecular flexibility index (Phi) is 7.22. The van der Waals surface area contributed by atoms with Crippen LogP contribution < -0.4 is 15.2 Å². The molecule has 8 heteroatoms. The van der Waals surface area contributed by atoms with Crippen molar-refractivity contribution in [3.63, 3.8) is 0 Å². The van der Waals surface area contributed by atoms with Crippen LogP contribution in [0.2, 0.25) is 0 Å². The monoisotopic (exact) mass is 444 g/mol. The third-order valence-corrected chi connectivity index (χ3v) is 4.88. The first-order valence-electron chi connectivity index (χ1n) is 10.5. The van der Waals surface area contributed by atoms with Gasteiger partial charge in [0, 0.05) is 19.0 Å². The molecule has 0 bridgehead atoms. The molecule has 32 heavy (non-hydrogen) atoms. The third-order valence-electron chi connectivity index (χ3n) is 4.88. The summed E-state index contributed by atoms with van der Waals surface area (Å²) >= 11 is 0. The van der Waals surface area contributed by atoms with Crippen molar-refractivity contribution in [1.82, 2.24) is 4.90 Å². The molecule has 172 valence electrons. The molecule has 0 saturated carbocycles. The maximum Gasteiger partial charge on any atom is 0.410 e. The number of likely N-dealkylation sites (tertiary alicyclic amines) is 1. The highest BCUT2D eigenvalue weighted by Gasteiger charge is 2.35. The molecule has 2 aromatic carbocycles. The normalized spacial score (nSPS) is 18.7. The van der Waals surface area contributed by atoms with Crippen LogP contribution in [0.1, 0.15) is 43.1 Å². The number of amides is 2. The van der Waals surface area contributed by atoms with Crippen LogP contribution in [-0.4, -0.2) is 47.9 Å². The average molecular weight is 445 g/mol. The van der Waals surface area contributed by atoms with Gasteiger partial charge >= 0.3 is 6.09 Å². The van der Waals surface area contributed by atoms with Crippen LogP contribution in [0, 0.1) is 0 Å². The van der Waals surface area contributed by atoms with Crippen LogP contribution in [0.15, 0.2) is 48.5 Å². The number of nitrogens with zero attached hydrogens (tertiary/aromatic N) is 1. The second kappa shape index (κ2) is 9.89. The minimum atomic E-state index is -1.45. The Morgan fingerprint density at radius 3 is 2.50 bits per heavy atom. The van der Waals surface area contributed by atoms with Crippen molar-refractivity contribution in [2.75, 3.05) is 13.1 Å². The average Bonchev–Trinajstić information content (AvgIpc) is 2.73.